The molecular weight excluding hydrogens is 237 g/mol. The van der Waals surface area contributed by atoms with Crippen molar-refractivity contribution >= 4 is 19.0 Å². The van der Waals surface area contributed by atoms with Gasteiger partial charge < -0.3 is 15.6 Å². The summed E-state index contributed by atoms with van der Waals surface area (Å²) >= 11 is 0. The summed E-state index contributed by atoms with van der Waals surface area (Å²) in [6.07, 6.45) is 3.16. The van der Waals surface area contributed by atoms with Crippen LogP contribution in [0.3, 0.4) is 0 Å². The second-order valence-corrected chi connectivity index (χ2v) is 4.27. The van der Waals surface area contributed by atoms with Gasteiger partial charge in [-0.1, -0.05) is 0 Å². The summed E-state index contributed by atoms with van der Waals surface area (Å²) in [6.45, 7) is 1.61. The third kappa shape index (κ3) is 2.09. The van der Waals surface area contributed by atoms with Crippen LogP contribution < -0.4 is 15.9 Å². The number of carbonyl (C=O) groups is 2. The summed E-state index contributed by atoms with van der Waals surface area (Å²) in [6, 6.07) is -0.559. The van der Waals surface area contributed by atoms with E-state index in [2.05, 4.69) is 21.0 Å². The molecule has 1 unspecified atom stereocenters. The lowest BCUT2D eigenvalue weighted by atomic mass is 9.84. The van der Waals surface area contributed by atoms with E-state index in [-0.39, 0.29) is 6.54 Å². The zero-order chi connectivity index (χ0) is 13.3. The minimum Gasteiger partial charge on any atom is -0.437 e. The number of urea groups is 1. The Bertz CT molecular complexity index is 488. The molecule has 0 saturated carbocycles. The van der Waals surface area contributed by atoms with E-state index >= 15 is 0 Å². The number of hydrogen-bond acceptors (Lipinski definition) is 5. The second kappa shape index (κ2) is 4.43. The van der Waals surface area contributed by atoms with Gasteiger partial charge in [-0.15, -0.1) is 0 Å². The molecule has 1 aromatic rings. The number of hydrogen-bond donors (Lipinski definition) is 4. The third-order valence-corrected chi connectivity index (χ3v) is 2.80. The summed E-state index contributed by atoms with van der Waals surface area (Å²) < 4.78 is 1.54. The van der Waals surface area contributed by atoms with Crippen LogP contribution in [0.2, 0.25) is 6.82 Å². The Morgan fingerprint density at radius 3 is 2.78 bits per heavy atom. The van der Waals surface area contributed by atoms with Gasteiger partial charge in [0.2, 0.25) is 0 Å². The van der Waals surface area contributed by atoms with Crippen LogP contribution in [-0.4, -0.2) is 40.3 Å². The fourth-order valence-electron chi connectivity index (χ4n) is 1.86. The van der Waals surface area contributed by atoms with Crippen LogP contribution in [0.25, 0.3) is 0 Å². The van der Waals surface area contributed by atoms with Crippen LogP contribution in [-0.2, 0) is 17.4 Å². The second-order valence-electron chi connectivity index (χ2n) is 4.27. The highest BCUT2D eigenvalue weighted by Crippen LogP contribution is 2.23. The predicted octanol–water partition coefficient (Wildman–Crippen LogP) is -1.85. The Morgan fingerprint density at radius 2 is 2.33 bits per heavy atom. The van der Waals surface area contributed by atoms with Crippen LogP contribution in [0.15, 0.2) is 12.4 Å². The van der Waals surface area contributed by atoms with E-state index in [1.807, 2.05) is 0 Å². The first kappa shape index (κ1) is 12.6. The quantitative estimate of drug-likeness (QED) is 0.371. The molecule has 1 aromatic heterocycles. The highest BCUT2D eigenvalue weighted by atomic mass is 16.2. The monoisotopic (exact) mass is 251 g/mol. The molecule has 0 radical (unpaired) electrons. The number of nitrogens with zero attached hydrogens (tertiary/aromatic N) is 2. The van der Waals surface area contributed by atoms with E-state index in [9.17, 15) is 14.6 Å². The molecule has 4 N–H and O–H groups in total. The number of rotatable bonds is 4. The van der Waals surface area contributed by atoms with Gasteiger partial charge in [-0.05, 0) is 6.82 Å². The predicted molar refractivity (Wildman–Crippen MR) is 63.4 cm³/mol. The first-order valence-corrected chi connectivity index (χ1v) is 5.48. The highest BCUT2D eigenvalue weighted by Gasteiger charge is 2.48. The summed E-state index contributed by atoms with van der Waals surface area (Å²) in [5.41, 5.74) is -0.677. The van der Waals surface area contributed by atoms with E-state index in [0.29, 0.717) is 5.56 Å². The summed E-state index contributed by atoms with van der Waals surface area (Å²) in [7, 11) is 0.928. The molecule has 2 heterocycles. The van der Waals surface area contributed by atoms with Crippen molar-refractivity contribution in [3.8, 4) is 0 Å². The molecule has 9 heteroatoms. The first-order chi connectivity index (χ1) is 8.44. The van der Waals surface area contributed by atoms with Crippen molar-refractivity contribution in [1.29, 1.82) is 0 Å². The molecule has 2 rings (SSSR count). The molecular formula is C9H14BN5O3. The average Bonchev–Trinajstić information content (AvgIpc) is 2.81. The standard InChI is InChI=1S/C9H14BN5O3/c1-10(18)11-5-9(6-3-12-15(2)4-6)7(16)13-8(17)14-9/h3-4,11,18H,5H2,1-2H3,(H2,13,14,16,17). The van der Waals surface area contributed by atoms with E-state index < -0.39 is 24.5 Å². The maximum atomic E-state index is 12.0. The SMILES string of the molecule is CB(O)NCC1(c2cnn(C)c2)NC(=O)NC1=O. The molecule has 0 aromatic carbocycles. The van der Waals surface area contributed by atoms with Crippen molar-refractivity contribution in [3.63, 3.8) is 0 Å². The smallest absolute Gasteiger partial charge is 0.373 e. The maximum absolute atomic E-state index is 12.0. The fourth-order valence-corrected chi connectivity index (χ4v) is 1.86. The van der Waals surface area contributed by atoms with Gasteiger partial charge in [0.05, 0.1) is 6.20 Å². The van der Waals surface area contributed by atoms with Crippen molar-refractivity contribution in [1.82, 2.24) is 25.6 Å². The van der Waals surface area contributed by atoms with Crippen molar-refractivity contribution in [2.24, 2.45) is 7.05 Å². The molecule has 1 saturated heterocycles. The van der Waals surface area contributed by atoms with Crippen LogP contribution in [0.5, 0.6) is 0 Å². The number of nitrogens with one attached hydrogen (secondary N) is 3. The van der Waals surface area contributed by atoms with Crippen LogP contribution in [0.1, 0.15) is 5.56 Å². The molecule has 1 fully saturated rings. The minimum absolute atomic E-state index is 0.0773. The van der Waals surface area contributed by atoms with Gasteiger partial charge in [-0.3, -0.25) is 14.8 Å². The lowest BCUT2D eigenvalue weighted by Crippen LogP contribution is -2.53. The van der Waals surface area contributed by atoms with E-state index in [1.54, 1.807) is 13.2 Å². The Labute approximate surface area is 104 Å². The Kier molecular flexibility index (Phi) is 3.10. The van der Waals surface area contributed by atoms with Crippen LogP contribution in [0.4, 0.5) is 4.79 Å². The zero-order valence-corrected chi connectivity index (χ0v) is 10.1. The normalized spacial score (nSPS) is 22.8. The molecule has 0 bridgehead atoms. The molecule has 1 aliphatic heterocycles. The number of carbonyl (C=O) groups excluding carboxylic acids is 2. The van der Waals surface area contributed by atoms with Gasteiger partial charge in [0.1, 0.15) is 0 Å². The number of amides is 3. The molecule has 96 valence electrons. The van der Waals surface area contributed by atoms with E-state index in [4.69, 9.17) is 0 Å². The largest absolute Gasteiger partial charge is 0.437 e. The van der Waals surface area contributed by atoms with E-state index in [1.165, 1.54) is 17.7 Å². The van der Waals surface area contributed by atoms with Crippen molar-refractivity contribution in [3.05, 3.63) is 18.0 Å². The van der Waals surface area contributed by atoms with Crippen molar-refractivity contribution in [2.75, 3.05) is 6.54 Å². The third-order valence-electron chi connectivity index (χ3n) is 2.80. The van der Waals surface area contributed by atoms with Gasteiger partial charge in [0.25, 0.3) is 5.91 Å². The Morgan fingerprint density at radius 1 is 1.61 bits per heavy atom. The first-order valence-electron chi connectivity index (χ1n) is 5.48. The molecule has 8 nitrogen and oxygen atoms in total. The average molecular weight is 251 g/mol. The zero-order valence-electron chi connectivity index (χ0n) is 10.1. The van der Waals surface area contributed by atoms with Gasteiger partial charge >= 0.3 is 13.1 Å². The Hall–Kier alpha value is -1.87. The summed E-state index contributed by atoms with van der Waals surface area (Å²) in [4.78, 5) is 23.3. The fraction of sp³-hybridized carbons (Fsp3) is 0.444. The number of imide groups is 1. The topological polar surface area (TPSA) is 108 Å². The van der Waals surface area contributed by atoms with Crippen LogP contribution in [0, 0.1) is 0 Å². The summed E-state index contributed by atoms with van der Waals surface area (Å²) in [5.74, 6) is -0.464. The molecule has 0 spiro atoms. The van der Waals surface area contributed by atoms with Crippen LogP contribution >= 0.6 is 0 Å². The van der Waals surface area contributed by atoms with Gasteiger partial charge in [-0.2, -0.15) is 5.10 Å². The lowest BCUT2D eigenvalue weighted by Gasteiger charge is -2.25. The number of aryl methyl sites for hydroxylation is 1. The van der Waals surface area contributed by atoms with Crippen molar-refractivity contribution < 1.29 is 14.6 Å². The molecule has 0 aliphatic carbocycles. The molecule has 18 heavy (non-hydrogen) atoms. The maximum Gasteiger partial charge on any atom is 0.373 e. The minimum atomic E-state index is -1.23. The molecule has 1 aliphatic rings. The highest BCUT2D eigenvalue weighted by molar-refractivity contribution is 6.45. The molecule has 3 amide bonds. The van der Waals surface area contributed by atoms with Gasteiger partial charge in [0, 0.05) is 25.4 Å². The number of aromatic nitrogens is 2. The van der Waals surface area contributed by atoms with Gasteiger partial charge in [0.15, 0.2) is 5.54 Å². The van der Waals surface area contributed by atoms with Crippen molar-refractivity contribution in [2.45, 2.75) is 12.4 Å². The summed E-state index contributed by atoms with van der Waals surface area (Å²) in [5, 5.41) is 20.7. The lowest BCUT2D eigenvalue weighted by molar-refractivity contribution is -0.124. The van der Waals surface area contributed by atoms with Gasteiger partial charge in [-0.25, -0.2) is 4.79 Å². The molecule has 1 atom stereocenters. The van der Waals surface area contributed by atoms with E-state index in [0.717, 1.165) is 0 Å². The Balaban J connectivity index is 2.34.